The number of thiocarbonyl (C=S) groups is 1. The Labute approximate surface area is 201 Å². The molecule has 0 radical (unpaired) electrons. The van der Waals surface area contributed by atoms with Crippen molar-refractivity contribution in [3.8, 4) is 0 Å². The van der Waals surface area contributed by atoms with Crippen molar-refractivity contribution in [2.75, 3.05) is 4.90 Å². The van der Waals surface area contributed by atoms with Crippen molar-refractivity contribution in [1.82, 2.24) is 9.88 Å². The van der Waals surface area contributed by atoms with E-state index in [9.17, 15) is 14.0 Å². The fourth-order valence-corrected chi connectivity index (χ4v) is 4.54. The fraction of sp³-hybridized carbons (Fsp3) is 0.0741. The Morgan fingerprint density at radius 3 is 2.38 bits per heavy atom. The molecule has 168 valence electrons. The summed E-state index contributed by atoms with van der Waals surface area (Å²) in [5.41, 5.74) is 3.67. The second kappa shape index (κ2) is 8.68. The van der Waals surface area contributed by atoms with E-state index in [1.54, 1.807) is 12.1 Å². The van der Waals surface area contributed by atoms with Gasteiger partial charge in [0.2, 0.25) is 0 Å². The number of halogens is 1. The van der Waals surface area contributed by atoms with Crippen molar-refractivity contribution >= 4 is 51.8 Å². The first-order chi connectivity index (χ1) is 16.5. The van der Waals surface area contributed by atoms with Gasteiger partial charge in [-0.3, -0.25) is 14.9 Å². The van der Waals surface area contributed by atoms with Gasteiger partial charge in [0.25, 0.3) is 11.8 Å². The van der Waals surface area contributed by atoms with Crippen LogP contribution in [0.15, 0.2) is 84.4 Å². The minimum atomic E-state index is -0.668. The first-order valence-corrected chi connectivity index (χ1v) is 11.1. The van der Waals surface area contributed by atoms with E-state index in [1.807, 2.05) is 49.4 Å². The van der Waals surface area contributed by atoms with Gasteiger partial charge >= 0.3 is 0 Å². The molecule has 1 N–H and O–H groups in total. The summed E-state index contributed by atoms with van der Waals surface area (Å²) in [6.07, 6.45) is 1.58. The van der Waals surface area contributed by atoms with Crippen molar-refractivity contribution in [2.45, 2.75) is 13.5 Å². The molecule has 2 amide bonds. The van der Waals surface area contributed by atoms with Crippen molar-refractivity contribution in [3.05, 3.63) is 107 Å². The van der Waals surface area contributed by atoms with E-state index < -0.39 is 17.6 Å². The molecule has 2 heterocycles. The summed E-state index contributed by atoms with van der Waals surface area (Å²) >= 11 is 5.20. The van der Waals surface area contributed by atoms with Gasteiger partial charge in [-0.2, -0.15) is 0 Å². The molecule has 0 atom stereocenters. The molecule has 1 aromatic heterocycles. The van der Waals surface area contributed by atoms with Crippen LogP contribution in [0.1, 0.15) is 16.8 Å². The van der Waals surface area contributed by atoms with Crippen LogP contribution < -0.4 is 10.2 Å². The van der Waals surface area contributed by atoms with Crippen LogP contribution in [0.2, 0.25) is 0 Å². The molecule has 0 unspecified atom stereocenters. The van der Waals surface area contributed by atoms with E-state index in [1.165, 1.54) is 18.2 Å². The van der Waals surface area contributed by atoms with Gasteiger partial charge in [0.1, 0.15) is 11.4 Å². The summed E-state index contributed by atoms with van der Waals surface area (Å²) in [7, 11) is 0. The highest BCUT2D eigenvalue weighted by Gasteiger charge is 2.36. The second-order valence-corrected chi connectivity index (χ2v) is 8.38. The third-order valence-electron chi connectivity index (χ3n) is 5.95. The molecule has 5 rings (SSSR count). The van der Waals surface area contributed by atoms with Crippen molar-refractivity contribution in [2.24, 2.45) is 0 Å². The lowest BCUT2D eigenvalue weighted by atomic mass is 10.0. The standard InChI is InChI=1S/C27H20FN3O2S/c1-17-20(19-11-5-7-13-23(19)30(17)16-18-9-3-2-4-10-18)15-21-25(32)29-27(34)31(26(21)33)24-14-8-6-12-22(24)28/h2-15H,16H2,1H3,(H,29,32,34). The molecule has 3 aromatic carbocycles. The zero-order chi connectivity index (χ0) is 23.8. The summed E-state index contributed by atoms with van der Waals surface area (Å²) in [5, 5.41) is 3.29. The fourth-order valence-electron chi connectivity index (χ4n) is 4.26. The third kappa shape index (κ3) is 3.70. The maximum Gasteiger partial charge on any atom is 0.270 e. The minimum Gasteiger partial charge on any atom is -0.340 e. The number of hydrogen-bond donors (Lipinski definition) is 1. The van der Waals surface area contributed by atoms with Gasteiger partial charge in [-0.05, 0) is 49.0 Å². The maximum absolute atomic E-state index is 14.5. The second-order valence-electron chi connectivity index (χ2n) is 8.00. The van der Waals surface area contributed by atoms with E-state index in [-0.39, 0.29) is 16.4 Å². The molecule has 5 nitrogen and oxygen atoms in total. The number of hydrogen-bond acceptors (Lipinski definition) is 3. The number of rotatable bonds is 4. The van der Waals surface area contributed by atoms with E-state index in [2.05, 4.69) is 22.0 Å². The monoisotopic (exact) mass is 469 g/mol. The van der Waals surface area contributed by atoms with E-state index in [0.717, 1.165) is 32.6 Å². The molecule has 1 fully saturated rings. The number of carbonyl (C=O) groups is 2. The first kappa shape index (κ1) is 21.7. The summed E-state index contributed by atoms with van der Waals surface area (Å²) in [6, 6.07) is 23.7. The Morgan fingerprint density at radius 1 is 0.941 bits per heavy atom. The molecule has 1 aliphatic heterocycles. The Hall–Kier alpha value is -4.10. The lowest BCUT2D eigenvalue weighted by molar-refractivity contribution is -0.122. The van der Waals surface area contributed by atoms with Gasteiger partial charge in [0, 0.05) is 28.7 Å². The van der Waals surface area contributed by atoms with Crippen molar-refractivity contribution < 1.29 is 14.0 Å². The number of amides is 2. The lowest BCUT2D eigenvalue weighted by Gasteiger charge is -2.29. The normalized spacial score (nSPS) is 15.3. The highest BCUT2D eigenvalue weighted by molar-refractivity contribution is 7.80. The number of nitrogens with zero attached hydrogens (tertiary/aromatic N) is 2. The number of aromatic nitrogens is 1. The maximum atomic E-state index is 14.5. The molecule has 0 saturated carbocycles. The quantitative estimate of drug-likeness (QED) is 0.261. The molecule has 7 heteroatoms. The number of fused-ring (bicyclic) bond motifs is 1. The van der Waals surface area contributed by atoms with E-state index in [4.69, 9.17) is 12.2 Å². The highest BCUT2D eigenvalue weighted by atomic mass is 32.1. The largest absolute Gasteiger partial charge is 0.340 e. The third-order valence-corrected chi connectivity index (χ3v) is 6.23. The Kier molecular flexibility index (Phi) is 5.55. The van der Waals surface area contributed by atoms with Crippen LogP contribution in [-0.2, 0) is 16.1 Å². The van der Waals surface area contributed by atoms with Gasteiger partial charge < -0.3 is 4.57 Å². The summed E-state index contributed by atoms with van der Waals surface area (Å²) in [4.78, 5) is 27.2. The molecule has 34 heavy (non-hydrogen) atoms. The number of anilines is 1. The summed E-state index contributed by atoms with van der Waals surface area (Å²) in [5.74, 6) is -1.88. The van der Waals surface area contributed by atoms with Crippen molar-refractivity contribution in [1.29, 1.82) is 0 Å². The number of para-hydroxylation sites is 2. The number of nitrogens with one attached hydrogen (secondary N) is 1. The van der Waals surface area contributed by atoms with Crippen LogP contribution in [-0.4, -0.2) is 21.5 Å². The topological polar surface area (TPSA) is 54.3 Å². The smallest absolute Gasteiger partial charge is 0.270 e. The molecule has 1 aliphatic rings. The first-order valence-electron chi connectivity index (χ1n) is 10.7. The van der Waals surface area contributed by atoms with Gasteiger partial charge in [0.15, 0.2) is 5.11 Å². The van der Waals surface area contributed by atoms with E-state index >= 15 is 0 Å². The van der Waals surface area contributed by atoms with Crippen LogP contribution in [0.3, 0.4) is 0 Å². The average molecular weight is 470 g/mol. The van der Waals surface area contributed by atoms with Crippen LogP contribution in [0.4, 0.5) is 10.1 Å². The average Bonchev–Trinajstić information content (AvgIpc) is 3.09. The predicted molar refractivity (Wildman–Crippen MR) is 135 cm³/mol. The van der Waals surface area contributed by atoms with Gasteiger partial charge in [-0.1, -0.05) is 60.7 Å². The molecule has 0 aliphatic carbocycles. The van der Waals surface area contributed by atoms with Gasteiger partial charge in [0.05, 0.1) is 5.69 Å². The molecule has 0 bridgehead atoms. The van der Waals surface area contributed by atoms with Gasteiger partial charge in [-0.25, -0.2) is 9.29 Å². The molecular weight excluding hydrogens is 449 g/mol. The van der Waals surface area contributed by atoms with Crippen LogP contribution >= 0.6 is 12.2 Å². The van der Waals surface area contributed by atoms with Crippen LogP contribution in [0, 0.1) is 12.7 Å². The number of carbonyl (C=O) groups excluding carboxylic acids is 2. The Morgan fingerprint density at radius 2 is 1.62 bits per heavy atom. The summed E-state index contributed by atoms with van der Waals surface area (Å²) in [6.45, 7) is 2.60. The van der Waals surface area contributed by atoms with Crippen LogP contribution in [0.25, 0.3) is 17.0 Å². The highest BCUT2D eigenvalue weighted by Crippen LogP contribution is 2.31. The molecular formula is C27H20FN3O2S. The zero-order valence-electron chi connectivity index (χ0n) is 18.3. The molecule has 0 spiro atoms. The van der Waals surface area contributed by atoms with E-state index in [0.29, 0.717) is 6.54 Å². The molecule has 1 saturated heterocycles. The van der Waals surface area contributed by atoms with Crippen LogP contribution in [0.5, 0.6) is 0 Å². The SMILES string of the molecule is Cc1c(C=C2C(=O)NC(=S)N(c3ccccc3F)C2=O)c2ccccc2n1Cc1ccccc1. The number of benzene rings is 3. The zero-order valence-corrected chi connectivity index (χ0v) is 19.1. The lowest BCUT2D eigenvalue weighted by Crippen LogP contribution is -2.54. The van der Waals surface area contributed by atoms with Crippen molar-refractivity contribution in [3.63, 3.8) is 0 Å². The minimum absolute atomic E-state index is 0.00775. The van der Waals surface area contributed by atoms with Gasteiger partial charge in [-0.15, -0.1) is 0 Å². The Balaban J connectivity index is 1.63. The predicted octanol–water partition coefficient (Wildman–Crippen LogP) is 4.97. The summed E-state index contributed by atoms with van der Waals surface area (Å²) < 4.78 is 16.6. The Bertz CT molecular complexity index is 1490. The molecule has 4 aromatic rings.